The predicted octanol–water partition coefficient (Wildman–Crippen LogP) is 3.80. The van der Waals surface area contributed by atoms with Gasteiger partial charge in [-0.2, -0.15) is 0 Å². The molecule has 3 aromatic rings. The number of ether oxygens (including phenoxy) is 1. The van der Waals surface area contributed by atoms with Crippen LogP contribution in [0, 0.1) is 6.92 Å². The molecule has 1 saturated heterocycles. The summed E-state index contributed by atoms with van der Waals surface area (Å²) >= 11 is 0. The van der Waals surface area contributed by atoms with E-state index in [0.717, 1.165) is 39.9 Å². The van der Waals surface area contributed by atoms with Crippen molar-refractivity contribution in [3.05, 3.63) is 71.4 Å². The van der Waals surface area contributed by atoms with Gasteiger partial charge in [-0.3, -0.25) is 15.0 Å². The number of pyridine rings is 1. The van der Waals surface area contributed by atoms with Gasteiger partial charge in [-0.15, -0.1) is 0 Å². The zero-order valence-corrected chi connectivity index (χ0v) is 17.4. The number of aromatic nitrogens is 1. The number of benzene rings is 2. The van der Waals surface area contributed by atoms with Gasteiger partial charge in [0.25, 0.3) is 0 Å². The maximum atomic E-state index is 12.7. The molecule has 0 radical (unpaired) electrons. The lowest BCUT2D eigenvalue weighted by atomic mass is 10.0. The highest BCUT2D eigenvalue weighted by Crippen LogP contribution is 2.23. The summed E-state index contributed by atoms with van der Waals surface area (Å²) in [5, 5.41) is 9.92. The average molecular weight is 419 g/mol. The summed E-state index contributed by atoms with van der Waals surface area (Å²) in [6.07, 6.45) is 1.60. The molecule has 0 bridgehead atoms. The third-order valence-electron chi connectivity index (χ3n) is 5.61. The molecule has 4 rings (SSSR count). The molecule has 1 fully saturated rings. The number of amides is 2. The van der Waals surface area contributed by atoms with Gasteiger partial charge in [0.2, 0.25) is 0 Å². The summed E-state index contributed by atoms with van der Waals surface area (Å²) < 4.78 is 5.98. The van der Waals surface area contributed by atoms with Gasteiger partial charge in [-0.05, 0) is 49.6 Å². The highest BCUT2D eigenvalue weighted by Gasteiger charge is 2.33. The third-order valence-corrected chi connectivity index (χ3v) is 5.61. The van der Waals surface area contributed by atoms with E-state index in [2.05, 4.69) is 4.98 Å². The first-order chi connectivity index (χ1) is 15.0. The molecule has 2 N–H and O–H groups in total. The number of urea groups is 1. The molecule has 7 nitrogen and oxygen atoms in total. The SMILES string of the molecule is Cc1cc(COc2ccc(CC(=O)C3CCCN3C(=O)NO)cc2)c2ccccc2n1. The number of likely N-dealkylation sites (tertiary alicyclic amines) is 1. The van der Waals surface area contributed by atoms with Crippen LogP contribution in [-0.2, 0) is 17.8 Å². The van der Waals surface area contributed by atoms with Crippen LogP contribution in [0.2, 0.25) is 0 Å². The monoisotopic (exact) mass is 419 g/mol. The summed E-state index contributed by atoms with van der Waals surface area (Å²) in [7, 11) is 0. The summed E-state index contributed by atoms with van der Waals surface area (Å²) in [6, 6.07) is 16.4. The summed E-state index contributed by atoms with van der Waals surface area (Å²) in [6.45, 7) is 2.87. The smallest absolute Gasteiger partial charge is 0.341 e. The fraction of sp³-hybridized carbons (Fsp3) is 0.292. The Morgan fingerprint density at radius 2 is 1.97 bits per heavy atom. The van der Waals surface area contributed by atoms with Crippen LogP contribution in [0.1, 0.15) is 29.7 Å². The van der Waals surface area contributed by atoms with Crippen molar-refractivity contribution in [3.8, 4) is 5.75 Å². The molecule has 160 valence electrons. The van der Waals surface area contributed by atoms with Crippen molar-refractivity contribution in [2.75, 3.05) is 6.54 Å². The number of ketones is 1. The van der Waals surface area contributed by atoms with Gasteiger partial charge in [0.1, 0.15) is 12.4 Å². The third kappa shape index (κ3) is 4.67. The molecule has 1 aliphatic rings. The second-order valence-corrected chi connectivity index (χ2v) is 7.78. The van der Waals surface area contributed by atoms with Crippen molar-refractivity contribution < 1.29 is 19.5 Å². The van der Waals surface area contributed by atoms with E-state index < -0.39 is 12.1 Å². The molecule has 0 saturated carbocycles. The number of hydrogen-bond donors (Lipinski definition) is 2. The Morgan fingerprint density at radius 3 is 2.74 bits per heavy atom. The molecule has 2 aromatic carbocycles. The highest BCUT2D eigenvalue weighted by molar-refractivity contribution is 5.90. The minimum atomic E-state index is -0.626. The number of aryl methyl sites for hydroxylation is 1. The quantitative estimate of drug-likeness (QED) is 0.468. The number of fused-ring (bicyclic) bond motifs is 1. The van der Waals surface area contributed by atoms with Crippen molar-refractivity contribution in [2.45, 2.75) is 38.8 Å². The minimum Gasteiger partial charge on any atom is -0.489 e. The molecule has 2 amide bonds. The van der Waals surface area contributed by atoms with Crippen molar-refractivity contribution in [2.24, 2.45) is 0 Å². The molecule has 1 atom stereocenters. The van der Waals surface area contributed by atoms with E-state index in [0.29, 0.717) is 19.6 Å². The normalized spacial score (nSPS) is 15.8. The van der Waals surface area contributed by atoms with Crippen molar-refractivity contribution >= 4 is 22.7 Å². The van der Waals surface area contributed by atoms with Crippen molar-refractivity contribution in [1.29, 1.82) is 0 Å². The van der Waals surface area contributed by atoms with Crippen LogP contribution in [0.15, 0.2) is 54.6 Å². The van der Waals surface area contributed by atoms with Crippen LogP contribution in [0.5, 0.6) is 5.75 Å². The number of rotatable bonds is 6. The van der Waals surface area contributed by atoms with E-state index in [4.69, 9.17) is 9.94 Å². The Labute approximate surface area is 180 Å². The maximum absolute atomic E-state index is 12.7. The van der Waals surface area contributed by atoms with Gasteiger partial charge < -0.3 is 9.64 Å². The number of carbonyl (C=O) groups excluding carboxylic acids is 2. The van der Waals surface area contributed by atoms with E-state index in [1.54, 1.807) is 5.48 Å². The topological polar surface area (TPSA) is 91.8 Å². The van der Waals surface area contributed by atoms with Gasteiger partial charge in [0.15, 0.2) is 5.78 Å². The fourth-order valence-corrected chi connectivity index (χ4v) is 4.11. The van der Waals surface area contributed by atoms with E-state index in [1.807, 2.05) is 61.5 Å². The highest BCUT2D eigenvalue weighted by atomic mass is 16.5. The average Bonchev–Trinajstić information content (AvgIpc) is 3.28. The lowest BCUT2D eigenvalue weighted by Crippen LogP contribution is -2.45. The second-order valence-electron chi connectivity index (χ2n) is 7.78. The number of carbonyl (C=O) groups is 2. The molecule has 1 aliphatic heterocycles. The van der Waals surface area contributed by atoms with E-state index in [9.17, 15) is 9.59 Å². The van der Waals surface area contributed by atoms with E-state index in [1.165, 1.54) is 4.90 Å². The largest absolute Gasteiger partial charge is 0.489 e. The number of hydroxylamine groups is 1. The Hall–Kier alpha value is -3.45. The van der Waals surface area contributed by atoms with Crippen LogP contribution in [0.25, 0.3) is 10.9 Å². The molecular weight excluding hydrogens is 394 g/mol. The van der Waals surface area contributed by atoms with Crippen molar-refractivity contribution in [1.82, 2.24) is 15.4 Å². The lowest BCUT2D eigenvalue weighted by Gasteiger charge is -2.22. The van der Waals surface area contributed by atoms with E-state index >= 15 is 0 Å². The zero-order valence-electron chi connectivity index (χ0n) is 17.4. The first-order valence-corrected chi connectivity index (χ1v) is 10.4. The number of nitrogens with zero attached hydrogens (tertiary/aromatic N) is 2. The van der Waals surface area contributed by atoms with Crippen LogP contribution in [0.3, 0.4) is 0 Å². The predicted molar refractivity (Wildman–Crippen MR) is 116 cm³/mol. The van der Waals surface area contributed by atoms with Gasteiger partial charge in [0.05, 0.1) is 11.6 Å². The summed E-state index contributed by atoms with van der Waals surface area (Å²) in [5.74, 6) is 0.686. The standard InChI is InChI=1S/C24H25N3O4/c1-16-13-18(20-5-2-3-6-21(20)25-16)15-31-19-10-8-17(9-11-19)14-23(28)22-7-4-12-27(22)24(29)26-30/h2-3,5-6,8-11,13,22,30H,4,7,12,14-15H2,1H3,(H,26,29). The zero-order chi connectivity index (χ0) is 21.8. The van der Waals surface area contributed by atoms with Gasteiger partial charge >= 0.3 is 6.03 Å². The molecule has 2 heterocycles. The minimum absolute atomic E-state index is 0.0338. The van der Waals surface area contributed by atoms with Gasteiger partial charge in [-0.25, -0.2) is 10.3 Å². The van der Waals surface area contributed by atoms with Gasteiger partial charge in [-0.1, -0.05) is 30.3 Å². The Kier molecular flexibility index (Phi) is 6.13. The fourth-order valence-electron chi connectivity index (χ4n) is 4.11. The van der Waals surface area contributed by atoms with Gasteiger partial charge in [0, 0.05) is 29.6 Å². The van der Waals surface area contributed by atoms with Crippen LogP contribution >= 0.6 is 0 Å². The molecule has 1 unspecified atom stereocenters. The summed E-state index contributed by atoms with van der Waals surface area (Å²) in [4.78, 5) is 30.3. The number of Topliss-reactive ketones (excluding diaryl/α,β-unsaturated/α-hetero) is 1. The van der Waals surface area contributed by atoms with E-state index in [-0.39, 0.29) is 12.2 Å². The first kappa shape index (κ1) is 20.8. The molecule has 0 aliphatic carbocycles. The molecular formula is C24H25N3O4. The number of hydrogen-bond acceptors (Lipinski definition) is 5. The Morgan fingerprint density at radius 1 is 1.19 bits per heavy atom. The van der Waals surface area contributed by atoms with Crippen LogP contribution in [0.4, 0.5) is 4.79 Å². The van der Waals surface area contributed by atoms with Crippen LogP contribution in [-0.4, -0.2) is 39.5 Å². The number of para-hydroxylation sites is 1. The maximum Gasteiger partial charge on any atom is 0.341 e. The molecule has 0 spiro atoms. The Bertz CT molecular complexity index is 1100. The molecule has 31 heavy (non-hydrogen) atoms. The van der Waals surface area contributed by atoms with Crippen molar-refractivity contribution in [3.63, 3.8) is 0 Å². The Balaban J connectivity index is 1.39. The lowest BCUT2D eigenvalue weighted by molar-refractivity contribution is -0.122. The molecule has 7 heteroatoms. The molecule has 1 aromatic heterocycles. The first-order valence-electron chi connectivity index (χ1n) is 10.4. The second kappa shape index (κ2) is 9.14. The van der Waals surface area contributed by atoms with Crippen LogP contribution < -0.4 is 10.2 Å². The number of nitrogens with one attached hydrogen (secondary N) is 1. The summed E-state index contributed by atoms with van der Waals surface area (Å²) in [5.41, 5.74) is 5.45.